The van der Waals surface area contributed by atoms with E-state index in [1.165, 1.54) is 26.2 Å². The number of halogens is 1. The highest BCUT2D eigenvalue weighted by atomic mass is 19.1. The van der Waals surface area contributed by atoms with Crippen molar-refractivity contribution >= 4 is 22.6 Å². The molecule has 0 aliphatic heterocycles. The van der Waals surface area contributed by atoms with Crippen molar-refractivity contribution in [2.75, 3.05) is 11.9 Å². The Hall–Kier alpha value is -3.51. The fourth-order valence-corrected chi connectivity index (χ4v) is 3.63. The molecule has 1 amide bonds. The van der Waals surface area contributed by atoms with Crippen LogP contribution in [0.1, 0.15) is 49.5 Å². The molecular weight excluding hydrogens is 423 g/mol. The zero-order chi connectivity index (χ0) is 23.8. The van der Waals surface area contributed by atoms with Crippen LogP contribution in [-0.4, -0.2) is 49.9 Å². The first-order chi connectivity index (χ1) is 15.7. The van der Waals surface area contributed by atoms with Gasteiger partial charge >= 0.3 is 0 Å². The Bertz CT molecular complexity index is 1220. The van der Waals surface area contributed by atoms with Crippen LogP contribution in [0.15, 0.2) is 36.8 Å². The minimum absolute atomic E-state index is 0.162. The van der Waals surface area contributed by atoms with Gasteiger partial charge in [-0.1, -0.05) is 0 Å². The molecule has 2 atom stereocenters. The quantitative estimate of drug-likeness (QED) is 0.485. The first kappa shape index (κ1) is 22.7. The summed E-state index contributed by atoms with van der Waals surface area (Å²) in [7, 11) is 0. The molecule has 9 heteroatoms. The Morgan fingerprint density at radius 3 is 2.79 bits per heavy atom. The molecule has 1 aliphatic carbocycles. The van der Waals surface area contributed by atoms with E-state index in [1.807, 2.05) is 12.3 Å². The predicted molar refractivity (Wildman–Crippen MR) is 123 cm³/mol. The molecule has 172 valence electrons. The Morgan fingerprint density at radius 1 is 1.36 bits per heavy atom. The summed E-state index contributed by atoms with van der Waals surface area (Å²) in [6.07, 6.45) is 5.44. The normalized spacial score (nSPS) is 15.6. The molecule has 2 unspecified atom stereocenters. The van der Waals surface area contributed by atoms with Gasteiger partial charge in [0.25, 0.3) is 5.91 Å². The van der Waals surface area contributed by atoms with Gasteiger partial charge in [0.05, 0.1) is 29.0 Å². The maximum atomic E-state index is 14.1. The van der Waals surface area contributed by atoms with Crippen molar-refractivity contribution in [3.8, 4) is 11.9 Å². The van der Waals surface area contributed by atoms with Crippen LogP contribution < -0.4 is 10.6 Å². The van der Waals surface area contributed by atoms with E-state index >= 15 is 0 Å². The van der Waals surface area contributed by atoms with E-state index in [0.717, 1.165) is 18.2 Å². The van der Waals surface area contributed by atoms with Crippen LogP contribution in [-0.2, 0) is 0 Å². The standard InChI is InChI=1S/C24H27FN6O2/c1-14(16-4-5-16)30-19-9-21(31-7-6-17-8-15(10-26)11-28-22(17)31)27-12-18(19)23(32)29-13-20(25)24(2,3)33/h6-9,11-12,14,16,20,33H,4-5,13H2,1-3H3,(H,27,30)(H,29,32). The molecule has 0 aromatic carbocycles. The highest BCUT2D eigenvalue weighted by Crippen LogP contribution is 2.35. The van der Waals surface area contributed by atoms with E-state index in [-0.39, 0.29) is 12.6 Å². The fourth-order valence-electron chi connectivity index (χ4n) is 3.63. The van der Waals surface area contributed by atoms with Gasteiger partial charge in [0.2, 0.25) is 0 Å². The van der Waals surface area contributed by atoms with Crippen LogP contribution in [0.4, 0.5) is 10.1 Å². The van der Waals surface area contributed by atoms with Crippen molar-refractivity contribution in [2.45, 2.75) is 51.4 Å². The Labute approximate surface area is 191 Å². The summed E-state index contributed by atoms with van der Waals surface area (Å²) in [5.74, 6) is 0.631. The van der Waals surface area contributed by atoms with E-state index in [4.69, 9.17) is 5.26 Å². The highest BCUT2D eigenvalue weighted by molar-refractivity contribution is 5.99. The second kappa shape index (κ2) is 8.79. The summed E-state index contributed by atoms with van der Waals surface area (Å²) in [4.78, 5) is 21.7. The number of hydrogen-bond acceptors (Lipinski definition) is 6. The van der Waals surface area contributed by atoms with Crippen molar-refractivity contribution in [1.82, 2.24) is 19.9 Å². The molecule has 1 saturated carbocycles. The lowest BCUT2D eigenvalue weighted by Gasteiger charge is -2.23. The molecule has 0 bridgehead atoms. The van der Waals surface area contributed by atoms with Crippen LogP contribution in [0.25, 0.3) is 16.9 Å². The fraction of sp³-hybridized carbons (Fsp3) is 0.417. The number of nitrogens with zero attached hydrogens (tertiary/aromatic N) is 4. The summed E-state index contributed by atoms with van der Waals surface area (Å²) in [6.45, 7) is 4.48. The van der Waals surface area contributed by atoms with E-state index in [2.05, 4.69) is 33.6 Å². The van der Waals surface area contributed by atoms with Crippen LogP contribution in [0.2, 0.25) is 0 Å². The second-order valence-corrected chi connectivity index (χ2v) is 9.12. The lowest BCUT2D eigenvalue weighted by molar-refractivity contribution is -0.00177. The van der Waals surface area contributed by atoms with Crippen molar-refractivity contribution in [2.24, 2.45) is 5.92 Å². The largest absolute Gasteiger partial charge is 0.387 e. The van der Waals surface area contributed by atoms with Crippen molar-refractivity contribution < 1.29 is 14.3 Å². The summed E-state index contributed by atoms with van der Waals surface area (Å²) in [5, 5.41) is 25.7. The monoisotopic (exact) mass is 450 g/mol. The molecule has 33 heavy (non-hydrogen) atoms. The maximum absolute atomic E-state index is 14.1. The number of anilines is 1. The average Bonchev–Trinajstić information content (AvgIpc) is 3.55. The summed E-state index contributed by atoms with van der Waals surface area (Å²) >= 11 is 0. The van der Waals surface area contributed by atoms with Crippen LogP contribution in [0, 0.1) is 17.2 Å². The number of hydrogen-bond donors (Lipinski definition) is 3. The number of nitrogens with one attached hydrogen (secondary N) is 2. The van der Waals surface area contributed by atoms with Gasteiger partial charge < -0.3 is 15.7 Å². The summed E-state index contributed by atoms with van der Waals surface area (Å²) < 4.78 is 15.9. The average molecular weight is 451 g/mol. The number of nitriles is 1. The number of rotatable bonds is 8. The molecule has 1 fully saturated rings. The number of carbonyl (C=O) groups is 1. The molecule has 1 aliphatic rings. The van der Waals surface area contributed by atoms with E-state index in [1.54, 1.807) is 16.7 Å². The van der Waals surface area contributed by atoms with Crippen LogP contribution >= 0.6 is 0 Å². The van der Waals surface area contributed by atoms with Crippen LogP contribution in [0.3, 0.4) is 0 Å². The zero-order valence-electron chi connectivity index (χ0n) is 18.8. The third kappa shape index (κ3) is 4.96. The van der Waals surface area contributed by atoms with Gasteiger partial charge in [-0.25, -0.2) is 14.4 Å². The highest BCUT2D eigenvalue weighted by Gasteiger charge is 2.30. The van der Waals surface area contributed by atoms with Crippen molar-refractivity contribution in [1.29, 1.82) is 5.26 Å². The first-order valence-electron chi connectivity index (χ1n) is 11.0. The van der Waals surface area contributed by atoms with Gasteiger partial charge in [0.15, 0.2) is 0 Å². The molecule has 3 aromatic rings. The third-order valence-electron chi connectivity index (χ3n) is 5.96. The number of fused-ring (bicyclic) bond motifs is 1. The molecule has 8 nitrogen and oxygen atoms in total. The maximum Gasteiger partial charge on any atom is 0.255 e. The third-order valence-corrected chi connectivity index (χ3v) is 5.96. The Balaban J connectivity index is 1.65. The van der Waals surface area contributed by atoms with Crippen LogP contribution in [0.5, 0.6) is 0 Å². The SMILES string of the molecule is CC(Nc1cc(-n2ccc3cc(C#N)cnc32)ncc1C(=O)NCC(F)C(C)(C)O)C1CC1. The van der Waals surface area contributed by atoms with E-state index in [9.17, 15) is 14.3 Å². The molecule has 0 saturated heterocycles. The molecule has 3 heterocycles. The molecule has 3 aromatic heterocycles. The summed E-state index contributed by atoms with van der Waals surface area (Å²) in [6, 6.07) is 7.62. The number of amides is 1. The lowest BCUT2D eigenvalue weighted by Crippen LogP contribution is -2.42. The van der Waals surface area contributed by atoms with Gasteiger partial charge in [0.1, 0.15) is 23.7 Å². The Morgan fingerprint density at radius 2 is 2.12 bits per heavy atom. The minimum atomic E-state index is -1.61. The number of carbonyl (C=O) groups excluding carboxylic acids is 1. The number of aliphatic hydroxyl groups is 1. The van der Waals surface area contributed by atoms with E-state index in [0.29, 0.717) is 34.2 Å². The van der Waals surface area contributed by atoms with Gasteiger partial charge in [-0.2, -0.15) is 5.26 Å². The van der Waals surface area contributed by atoms with Gasteiger partial charge in [-0.3, -0.25) is 9.36 Å². The molecular formula is C24H27FN6O2. The summed E-state index contributed by atoms with van der Waals surface area (Å²) in [5.41, 5.74) is 0.449. The Kier molecular flexibility index (Phi) is 6.04. The van der Waals surface area contributed by atoms with Gasteiger partial charge in [0, 0.05) is 36.1 Å². The number of pyridine rings is 2. The smallest absolute Gasteiger partial charge is 0.255 e. The topological polar surface area (TPSA) is 116 Å². The van der Waals surface area contributed by atoms with Crippen molar-refractivity contribution in [3.63, 3.8) is 0 Å². The second-order valence-electron chi connectivity index (χ2n) is 9.12. The van der Waals surface area contributed by atoms with Gasteiger partial charge in [-0.05, 0) is 51.7 Å². The molecule has 0 spiro atoms. The zero-order valence-corrected chi connectivity index (χ0v) is 18.8. The van der Waals surface area contributed by atoms with E-state index < -0.39 is 17.7 Å². The predicted octanol–water partition coefficient (Wildman–Crippen LogP) is 3.34. The van der Waals surface area contributed by atoms with Crippen molar-refractivity contribution in [3.05, 3.63) is 47.9 Å². The minimum Gasteiger partial charge on any atom is -0.387 e. The molecule has 4 rings (SSSR count). The first-order valence-corrected chi connectivity index (χ1v) is 11.0. The number of aromatic nitrogens is 3. The lowest BCUT2D eigenvalue weighted by atomic mass is 10.0. The number of alkyl halides is 1. The molecule has 0 radical (unpaired) electrons. The molecule has 3 N–H and O–H groups in total. The van der Waals surface area contributed by atoms with Gasteiger partial charge in [-0.15, -0.1) is 0 Å².